The second kappa shape index (κ2) is 7.09. The predicted octanol–water partition coefficient (Wildman–Crippen LogP) is 3.10. The zero-order valence-corrected chi connectivity index (χ0v) is 14.6. The van der Waals surface area contributed by atoms with Crippen molar-refractivity contribution in [2.75, 3.05) is 27.1 Å². The van der Waals surface area contributed by atoms with Crippen molar-refractivity contribution in [1.82, 2.24) is 4.98 Å². The summed E-state index contributed by atoms with van der Waals surface area (Å²) in [6, 6.07) is 5.67. The van der Waals surface area contributed by atoms with Crippen LogP contribution >= 0.6 is 0 Å². The van der Waals surface area contributed by atoms with E-state index >= 15 is 0 Å². The molecule has 6 heteroatoms. The van der Waals surface area contributed by atoms with Crippen LogP contribution in [0.25, 0.3) is 11.1 Å². The van der Waals surface area contributed by atoms with Gasteiger partial charge in [0, 0.05) is 23.4 Å². The number of rotatable bonds is 5. The fourth-order valence-electron chi connectivity index (χ4n) is 2.84. The Morgan fingerprint density at radius 1 is 1.08 bits per heavy atom. The third-order valence-corrected chi connectivity index (χ3v) is 3.96. The highest BCUT2D eigenvalue weighted by molar-refractivity contribution is 5.87. The molecular formula is C18H21N3O3. The van der Waals surface area contributed by atoms with Crippen LogP contribution in [0.5, 0.6) is 17.2 Å². The maximum absolute atomic E-state index is 9.62. The van der Waals surface area contributed by atoms with Gasteiger partial charge in [-0.15, -0.1) is 0 Å². The highest BCUT2D eigenvalue weighted by atomic mass is 16.5. The van der Waals surface area contributed by atoms with E-state index in [1.807, 2.05) is 13.8 Å². The molecule has 0 spiro atoms. The molecule has 0 unspecified atom stereocenters. The Kier molecular flexibility index (Phi) is 5.14. The lowest BCUT2D eigenvalue weighted by molar-refractivity contribution is 0.377. The molecule has 24 heavy (non-hydrogen) atoms. The van der Waals surface area contributed by atoms with Gasteiger partial charge in [-0.1, -0.05) is 6.92 Å². The molecule has 2 N–H and O–H groups in total. The number of hydrogen-bond donors (Lipinski definition) is 1. The first kappa shape index (κ1) is 17.4. The minimum absolute atomic E-state index is 0.196. The van der Waals surface area contributed by atoms with E-state index in [4.69, 9.17) is 19.9 Å². The summed E-state index contributed by atoms with van der Waals surface area (Å²) in [6.07, 6.45) is 0.696. The summed E-state index contributed by atoms with van der Waals surface area (Å²) in [7, 11) is 4.69. The largest absolute Gasteiger partial charge is 0.496 e. The van der Waals surface area contributed by atoms with E-state index in [0.717, 1.165) is 11.3 Å². The summed E-state index contributed by atoms with van der Waals surface area (Å²) in [5.74, 6) is 1.88. The van der Waals surface area contributed by atoms with Gasteiger partial charge in [0.05, 0.1) is 26.9 Å². The quantitative estimate of drug-likeness (QED) is 0.907. The van der Waals surface area contributed by atoms with Crippen LogP contribution in [-0.4, -0.2) is 26.3 Å². The highest BCUT2D eigenvalue weighted by Crippen LogP contribution is 2.45. The maximum atomic E-state index is 9.62. The van der Waals surface area contributed by atoms with Crippen LogP contribution in [-0.2, 0) is 6.42 Å². The molecule has 0 aliphatic heterocycles. The number of aryl methyl sites for hydroxylation is 1. The van der Waals surface area contributed by atoms with E-state index in [0.29, 0.717) is 40.4 Å². The first-order chi connectivity index (χ1) is 11.5. The smallest absolute Gasteiger partial charge is 0.142 e. The molecule has 1 aromatic heterocycles. The third kappa shape index (κ3) is 2.81. The summed E-state index contributed by atoms with van der Waals surface area (Å²) in [6.45, 7) is 3.88. The van der Waals surface area contributed by atoms with E-state index in [1.54, 1.807) is 33.5 Å². The molecule has 6 nitrogen and oxygen atoms in total. The van der Waals surface area contributed by atoms with E-state index in [-0.39, 0.29) is 5.82 Å². The van der Waals surface area contributed by atoms with Gasteiger partial charge in [0.25, 0.3) is 0 Å². The molecule has 0 aliphatic carbocycles. The van der Waals surface area contributed by atoms with E-state index in [1.165, 1.54) is 0 Å². The van der Waals surface area contributed by atoms with E-state index in [2.05, 4.69) is 11.1 Å². The number of hydrogen-bond acceptors (Lipinski definition) is 6. The average molecular weight is 327 g/mol. The molecule has 0 saturated carbocycles. The number of nitrogens with two attached hydrogens (primary N) is 1. The molecular weight excluding hydrogens is 306 g/mol. The number of ether oxygens (including phenoxy) is 3. The van der Waals surface area contributed by atoms with E-state index in [9.17, 15) is 5.26 Å². The van der Waals surface area contributed by atoms with Gasteiger partial charge in [0.2, 0.25) is 0 Å². The van der Waals surface area contributed by atoms with Crippen molar-refractivity contribution in [3.05, 3.63) is 29.0 Å². The van der Waals surface area contributed by atoms with Gasteiger partial charge in [0.1, 0.15) is 34.7 Å². The monoisotopic (exact) mass is 327 g/mol. The Bertz CT molecular complexity index is 785. The molecule has 0 amide bonds. The summed E-state index contributed by atoms with van der Waals surface area (Å²) in [5.41, 5.74) is 9.39. The molecule has 2 rings (SSSR count). The summed E-state index contributed by atoms with van der Waals surface area (Å²) in [4.78, 5) is 4.30. The topological polar surface area (TPSA) is 90.4 Å². The van der Waals surface area contributed by atoms with Crippen LogP contribution < -0.4 is 19.9 Å². The summed E-state index contributed by atoms with van der Waals surface area (Å²) in [5, 5.41) is 9.62. The number of nitrogen functional groups attached to an aromatic ring is 1. The van der Waals surface area contributed by atoms with Crippen molar-refractivity contribution < 1.29 is 14.2 Å². The standard InChI is InChI=1S/C18H21N3O3/c1-6-12-10(2)21-18(20)13(9-19)16(12)17-14(23-4)7-11(22-3)8-15(17)24-5/h7-8H,6H2,1-5H3,(H2,20,21). The first-order valence-electron chi connectivity index (χ1n) is 7.51. The van der Waals surface area contributed by atoms with Gasteiger partial charge in [0.15, 0.2) is 0 Å². The van der Waals surface area contributed by atoms with Crippen molar-refractivity contribution in [2.24, 2.45) is 0 Å². The molecule has 2 aromatic rings. The molecule has 126 valence electrons. The Morgan fingerprint density at radius 2 is 1.67 bits per heavy atom. The lowest BCUT2D eigenvalue weighted by Gasteiger charge is -2.20. The number of methoxy groups -OCH3 is 3. The molecule has 0 fully saturated rings. The van der Waals surface area contributed by atoms with Gasteiger partial charge in [-0.2, -0.15) is 5.26 Å². The number of nitriles is 1. The Morgan fingerprint density at radius 3 is 2.08 bits per heavy atom. The van der Waals surface area contributed by atoms with Gasteiger partial charge in [-0.3, -0.25) is 0 Å². The summed E-state index contributed by atoms with van der Waals surface area (Å²) < 4.78 is 16.4. The number of pyridine rings is 1. The van der Waals surface area contributed by atoms with Crippen LogP contribution in [0, 0.1) is 18.3 Å². The van der Waals surface area contributed by atoms with Crippen LogP contribution in [0.1, 0.15) is 23.7 Å². The van der Waals surface area contributed by atoms with Crippen molar-refractivity contribution in [1.29, 1.82) is 5.26 Å². The minimum atomic E-state index is 0.196. The fourth-order valence-corrected chi connectivity index (χ4v) is 2.84. The molecule has 0 saturated heterocycles. The molecule has 0 radical (unpaired) electrons. The number of aromatic nitrogens is 1. The Balaban J connectivity index is 2.98. The van der Waals surface area contributed by atoms with Gasteiger partial charge in [-0.25, -0.2) is 4.98 Å². The lowest BCUT2D eigenvalue weighted by atomic mass is 9.91. The van der Waals surface area contributed by atoms with Crippen LogP contribution in [0.3, 0.4) is 0 Å². The predicted molar refractivity (Wildman–Crippen MR) is 92.6 cm³/mol. The molecule has 0 aliphatic rings. The fraction of sp³-hybridized carbons (Fsp3) is 0.333. The van der Waals surface area contributed by atoms with Gasteiger partial charge in [-0.05, 0) is 18.9 Å². The minimum Gasteiger partial charge on any atom is -0.496 e. The second-order valence-corrected chi connectivity index (χ2v) is 5.18. The van der Waals surface area contributed by atoms with Crippen molar-refractivity contribution >= 4 is 5.82 Å². The van der Waals surface area contributed by atoms with E-state index < -0.39 is 0 Å². The van der Waals surface area contributed by atoms with Crippen molar-refractivity contribution in [3.63, 3.8) is 0 Å². The highest BCUT2D eigenvalue weighted by Gasteiger charge is 2.24. The molecule has 0 atom stereocenters. The van der Waals surface area contributed by atoms with Crippen LogP contribution in [0.15, 0.2) is 12.1 Å². The van der Waals surface area contributed by atoms with Gasteiger partial charge >= 0.3 is 0 Å². The van der Waals surface area contributed by atoms with Crippen molar-refractivity contribution in [3.8, 4) is 34.4 Å². The second-order valence-electron chi connectivity index (χ2n) is 5.18. The number of nitrogens with zero attached hydrogens (tertiary/aromatic N) is 2. The molecule has 0 bridgehead atoms. The first-order valence-corrected chi connectivity index (χ1v) is 7.51. The SMILES string of the molecule is CCc1c(C)nc(N)c(C#N)c1-c1c(OC)cc(OC)cc1OC. The van der Waals surface area contributed by atoms with Crippen molar-refractivity contribution in [2.45, 2.75) is 20.3 Å². The summed E-state index contributed by atoms with van der Waals surface area (Å²) >= 11 is 0. The van der Waals surface area contributed by atoms with Gasteiger partial charge < -0.3 is 19.9 Å². The molecule has 1 heterocycles. The number of anilines is 1. The van der Waals surface area contributed by atoms with Crippen LogP contribution in [0.2, 0.25) is 0 Å². The van der Waals surface area contributed by atoms with Crippen LogP contribution in [0.4, 0.5) is 5.82 Å². The Labute approximate surface area is 141 Å². The third-order valence-electron chi connectivity index (χ3n) is 3.96. The maximum Gasteiger partial charge on any atom is 0.142 e. The average Bonchev–Trinajstić information content (AvgIpc) is 2.59. The zero-order chi connectivity index (χ0) is 17.9. The Hall–Kier alpha value is -2.94. The molecule has 1 aromatic carbocycles. The number of benzene rings is 1. The normalized spacial score (nSPS) is 10.2. The lowest BCUT2D eigenvalue weighted by Crippen LogP contribution is -2.06. The zero-order valence-electron chi connectivity index (χ0n) is 14.6.